The molecule has 2 aromatic heterocycles. The molecule has 1 unspecified atom stereocenters. The number of rotatable bonds is 5. The number of anilines is 1. The summed E-state index contributed by atoms with van der Waals surface area (Å²) in [4.78, 5) is 44.7. The molecule has 0 radical (unpaired) electrons. The summed E-state index contributed by atoms with van der Waals surface area (Å²) < 4.78 is 1.57. The van der Waals surface area contributed by atoms with Gasteiger partial charge in [0.05, 0.1) is 5.52 Å². The first-order chi connectivity index (χ1) is 15.9. The van der Waals surface area contributed by atoms with Gasteiger partial charge in [0.25, 0.3) is 0 Å². The van der Waals surface area contributed by atoms with E-state index in [1.807, 2.05) is 24.3 Å². The lowest BCUT2D eigenvalue weighted by atomic mass is 10.0. The molecule has 1 aliphatic carbocycles. The van der Waals surface area contributed by atoms with Gasteiger partial charge in [0.2, 0.25) is 11.8 Å². The van der Waals surface area contributed by atoms with Gasteiger partial charge in [0.1, 0.15) is 29.3 Å². The van der Waals surface area contributed by atoms with Crippen LogP contribution in [0.5, 0.6) is 0 Å². The summed E-state index contributed by atoms with van der Waals surface area (Å²) in [5, 5.41) is 8.25. The number of amides is 2. The van der Waals surface area contributed by atoms with Gasteiger partial charge in [0, 0.05) is 18.4 Å². The maximum Gasteiger partial charge on any atom is 0.248 e. The molecular formula is C24H24ClN5O3. The van der Waals surface area contributed by atoms with E-state index in [9.17, 15) is 14.4 Å². The molecule has 1 aromatic carbocycles. The molecule has 1 N–H and O–H groups in total. The summed E-state index contributed by atoms with van der Waals surface area (Å²) in [6, 6.07) is 11.9. The number of carbonyl (C=O) groups is 3. The number of nitrogens with zero attached hydrogens (tertiary/aromatic N) is 4. The minimum absolute atomic E-state index is 0.0315. The standard InChI is InChI=1S/C24H24ClN5O3/c1-14(31)23-16-7-2-3-8-18(16)29(28-23)13-22(32)30-17-9-4-6-15(17)12-19(30)24(33)27-21-11-5-10-20(25)26-21/h2-3,5,7-8,10-11,15,17,19H,4,6,9,12-13H2,1H3,(H,26,27,33)/t15-,17?,19-/m0/s1. The van der Waals surface area contributed by atoms with Gasteiger partial charge in [-0.25, -0.2) is 4.98 Å². The van der Waals surface area contributed by atoms with Crippen molar-refractivity contribution in [2.45, 2.75) is 51.2 Å². The minimum Gasteiger partial charge on any atom is -0.326 e. The Kier molecular flexibility index (Phi) is 5.62. The molecule has 5 rings (SSSR count). The number of fused-ring (bicyclic) bond motifs is 2. The molecule has 0 spiro atoms. The molecule has 0 bridgehead atoms. The number of aromatic nitrogens is 3. The SMILES string of the molecule is CC(=O)c1nn(CC(=O)N2C3CCC[C@H]3C[C@H]2C(=O)Nc2cccc(Cl)n2)c2ccccc12. The summed E-state index contributed by atoms with van der Waals surface area (Å²) in [6.07, 6.45) is 3.56. The van der Waals surface area contributed by atoms with Crippen LogP contribution in [0.25, 0.3) is 10.9 Å². The fourth-order valence-corrected chi connectivity index (χ4v) is 5.45. The first-order valence-corrected chi connectivity index (χ1v) is 11.5. The third-order valence-electron chi connectivity index (χ3n) is 6.67. The molecule has 3 atom stereocenters. The number of para-hydroxylation sites is 1. The lowest BCUT2D eigenvalue weighted by Gasteiger charge is -2.29. The molecule has 33 heavy (non-hydrogen) atoms. The van der Waals surface area contributed by atoms with Crippen molar-refractivity contribution >= 4 is 45.9 Å². The molecule has 2 aliphatic rings. The summed E-state index contributed by atoms with van der Waals surface area (Å²) >= 11 is 5.95. The van der Waals surface area contributed by atoms with E-state index in [0.29, 0.717) is 23.9 Å². The molecule has 2 amide bonds. The zero-order chi connectivity index (χ0) is 23.1. The van der Waals surface area contributed by atoms with Gasteiger partial charge in [-0.15, -0.1) is 0 Å². The van der Waals surface area contributed by atoms with E-state index in [0.717, 1.165) is 30.2 Å². The molecular weight excluding hydrogens is 442 g/mol. The Morgan fingerprint density at radius 1 is 1.12 bits per heavy atom. The van der Waals surface area contributed by atoms with Gasteiger partial charge in [-0.1, -0.05) is 42.3 Å². The number of nitrogens with one attached hydrogen (secondary N) is 1. The largest absolute Gasteiger partial charge is 0.326 e. The van der Waals surface area contributed by atoms with Gasteiger partial charge in [-0.2, -0.15) is 5.10 Å². The third-order valence-corrected chi connectivity index (χ3v) is 6.88. The van der Waals surface area contributed by atoms with Crippen molar-refractivity contribution in [1.82, 2.24) is 19.7 Å². The predicted octanol–water partition coefficient (Wildman–Crippen LogP) is 3.70. The summed E-state index contributed by atoms with van der Waals surface area (Å²) in [6.45, 7) is 1.44. The Hall–Kier alpha value is -3.26. The first-order valence-electron chi connectivity index (χ1n) is 11.1. The highest BCUT2D eigenvalue weighted by Gasteiger charge is 2.48. The highest BCUT2D eigenvalue weighted by molar-refractivity contribution is 6.29. The summed E-state index contributed by atoms with van der Waals surface area (Å²) in [7, 11) is 0. The molecule has 1 saturated heterocycles. The van der Waals surface area contributed by atoms with Gasteiger partial charge in [-0.3, -0.25) is 19.1 Å². The number of halogens is 1. The van der Waals surface area contributed by atoms with E-state index in [2.05, 4.69) is 15.4 Å². The zero-order valence-electron chi connectivity index (χ0n) is 18.2. The smallest absolute Gasteiger partial charge is 0.248 e. The molecule has 3 aromatic rings. The van der Waals surface area contributed by atoms with Crippen LogP contribution < -0.4 is 5.32 Å². The molecule has 3 heterocycles. The predicted molar refractivity (Wildman–Crippen MR) is 124 cm³/mol. The van der Waals surface area contributed by atoms with Crippen LogP contribution in [0.1, 0.15) is 43.1 Å². The van der Waals surface area contributed by atoms with Crippen LogP contribution in [0.15, 0.2) is 42.5 Å². The monoisotopic (exact) mass is 465 g/mol. The first kappa shape index (κ1) is 21.6. The van der Waals surface area contributed by atoms with Crippen LogP contribution >= 0.6 is 11.6 Å². The van der Waals surface area contributed by atoms with E-state index in [-0.39, 0.29) is 35.3 Å². The van der Waals surface area contributed by atoms with Crippen molar-refractivity contribution in [3.63, 3.8) is 0 Å². The average molecular weight is 466 g/mol. The molecule has 1 saturated carbocycles. The number of benzene rings is 1. The van der Waals surface area contributed by atoms with Crippen molar-refractivity contribution < 1.29 is 14.4 Å². The van der Waals surface area contributed by atoms with E-state index in [1.165, 1.54) is 6.92 Å². The minimum atomic E-state index is -0.581. The number of hydrogen-bond donors (Lipinski definition) is 1. The highest BCUT2D eigenvalue weighted by Crippen LogP contribution is 2.41. The number of carbonyl (C=O) groups excluding carboxylic acids is 3. The van der Waals surface area contributed by atoms with Crippen LogP contribution in [0, 0.1) is 5.92 Å². The highest BCUT2D eigenvalue weighted by atomic mass is 35.5. The second-order valence-electron chi connectivity index (χ2n) is 8.73. The zero-order valence-corrected chi connectivity index (χ0v) is 19.0. The lowest BCUT2D eigenvalue weighted by molar-refractivity contribution is -0.139. The second kappa shape index (κ2) is 8.59. The fraction of sp³-hybridized carbons (Fsp3) is 0.375. The van der Waals surface area contributed by atoms with Crippen LogP contribution in [-0.2, 0) is 16.1 Å². The Labute approximate surface area is 195 Å². The van der Waals surface area contributed by atoms with Crippen LogP contribution in [0.4, 0.5) is 5.82 Å². The molecule has 2 fully saturated rings. The van der Waals surface area contributed by atoms with Gasteiger partial charge < -0.3 is 10.2 Å². The maximum atomic E-state index is 13.6. The second-order valence-corrected chi connectivity index (χ2v) is 9.11. The number of ketones is 1. The van der Waals surface area contributed by atoms with E-state index in [1.54, 1.807) is 27.8 Å². The summed E-state index contributed by atoms with van der Waals surface area (Å²) in [5.74, 6) is 0.0789. The maximum absolute atomic E-state index is 13.6. The molecule has 170 valence electrons. The lowest BCUT2D eigenvalue weighted by Crippen LogP contribution is -2.48. The molecule has 1 aliphatic heterocycles. The third kappa shape index (κ3) is 3.99. The topological polar surface area (TPSA) is 97.2 Å². The Morgan fingerprint density at radius 2 is 1.94 bits per heavy atom. The van der Waals surface area contributed by atoms with Crippen molar-refractivity contribution in [3.05, 3.63) is 53.3 Å². The number of hydrogen-bond acceptors (Lipinski definition) is 5. The van der Waals surface area contributed by atoms with Crippen LogP contribution in [0.2, 0.25) is 5.15 Å². The number of pyridine rings is 1. The van der Waals surface area contributed by atoms with Crippen molar-refractivity contribution in [2.75, 3.05) is 5.32 Å². The van der Waals surface area contributed by atoms with Crippen LogP contribution in [-0.4, -0.2) is 49.3 Å². The Balaban J connectivity index is 1.42. The average Bonchev–Trinajstić information content (AvgIpc) is 3.47. The quantitative estimate of drug-likeness (QED) is 0.457. The van der Waals surface area contributed by atoms with E-state index < -0.39 is 6.04 Å². The van der Waals surface area contributed by atoms with Crippen molar-refractivity contribution in [1.29, 1.82) is 0 Å². The van der Waals surface area contributed by atoms with Gasteiger partial charge >= 0.3 is 0 Å². The van der Waals surface area contributed by atoms with Crippen molar-refractivity contribution in [2.24, 2.45) is 5.92 Å². The van der Waals surface area contributed by atoms with E-state index in [4.69, 9.17) is 11.6 Å². The van der Waals surface area contributed by atoms with E-state index >= 15 is 0 Å². The Morgan fingerprint density at radius 3 is 2.73 bits per heavy atom. The number of Topliss-reactive ketones (excluding diaryl/α,β-unsaturated/α-hetero) is 1. The normalized spacial score (nSPS) is 21.9. The Bertz CT molecular complexity index is 1260. The molecule has 9 heteroatoms. The molecule has 8 nitrogen and oxygen atoms in total. The number of likely N-dealkylation sites (tertiary alicyclic amines) is 1. The fourth-order valence-electron chi connectivity index (χ4n) is 5.29. The van der Waals surface area contributed by atoms with Crippen molar-refractivity contribution in [3.8, 4) is 0 Å². The van der Waals surface area contributed by atoms with Gasteiger partial charge in [-0.05, 0) is 43.4 Å². The van der Waals surface area contributed by atoms with Gasteiger partial charge in [0.15, 0.2) is 5.78 Å². The van der Waals surface area contributed by atoms with Crippen LogP contribution in [0.3, 0.4) is 0 Å². The summed E-state index contributed by atoms with van der Waals surface area (Å²) in [5.41, 5.74) is 1.07.